The van der Waals surface area contributed by atoms with Crippen LogP contribution in [0.4, 0.5) is 0 Å². The minimum Gasteiger partial charge on any atom is -0.379 e. The Labute approximate surface area is 128 Å². The van der Waals surface area contributed by atoms with Crippen molar-refractivity contribution in [3.63, 3.8) is 0 Å². The Morgan fingerprint density at radius 2 is 2.20 bits per heavy atom. The molecule has 1 heterocycles. The number of nitrogens with zero attached hydrogens (tertiary/aromatic N) is 2. The number of methoxy groups -OCH3 is 1. The summed E-state index contributed by atoms with van der Waals surface area (Å²) >= 11 is 12.7. The van der Waals surface area contributed by atoms with Gasteiger partial charge in [-0.05, 0) is 38.3 Å². The molecule has 0 amide bonds. The minimum absolute atomic E-state index is 0.156. The first kappa shape index (κ1) is 14.2. The van der Waals surface area contributed by atoms with Crippen molar-refractivity contribution in [2.75, 3.05) is 7.11 Å². The van der Waals surface area contributed by atoms with E-state index in [9.17, 15) is 0 Å². The predicted molar refractivity (Wildman–Crippen MR) is 82.7 cm³/mol. The lowest BCUT2D eigenvalue weighted by atomic mass is 10.2. The second kappa shape index (κ2) is 5.55. The van der Waals surface area contributed by atoms with Crippen molar-refractivity contribution < 1.29 is 4.74 Å². The van der Waals surface area contributed by atoms with E-state index in [-0.39, 0.29) is 17.5 Å². The van der Waals surface area contributed by atoms with E-state index < -0.39 is 0 Å². The van der Waals surface area contributed by atoms with Crippen molar-refractivity contribution in [1.82, 2.24) is 9.55 Å². The fraction of sp³-hybridized carbons (Fsp3) is 0.533. The van der Waals surface area contributed by atoms with Gasteiger partial charge < -0.3 is 9.30 Å². The van der Waals surface area contributed by atoms with Crippen LogP contribution in [-0.4, -0.2) is 22.8 Å². The molecule has 0 spiro atoms. The summed E-state index contributed by atoms with van der Waals surface area (Å²) < 4.78 is 7.84. The van der Waals surface area contributed by atoms with Gasteiger partial charge in [0.15, 0.2) is 0 Å². The number of halogens is 2. The fourth-order valence-electron chi connectivity index (χ4n) is 3.22. The summed E-state index contributed by atoms with van der Waals surface area (Å²) in [6.07, 6.45) is 3.51. The highest BCUT2D eigenvalue weighted by Crippen LogP contribution is 2.39. The summed E-state index contributed by atoms with van der Waals surface area (Å²) in [5, 5.41) is 0.567. The number of imidazole rings is 1. The van der Waals surface area contributed by atoms with E-state index in [1.165, 1.54) is 0 Å². The number of rotatable bonds is 3. The number of ether oxygens (including phenoxy) is 1. The normalized spacial score (nSPS) is 24.4. The van der Waals surface area contributed by atoms with Crippen LogP contribution >= 0.6 is 23.2 Å². The number of alkyl halides is 1. The second-order valence-electron chi connectivity index (χ2n) is 5.34. The van der Waals surface area contributed by atoms with Crippen molar-refractivity contribution in [2.45, 2.75) is 43.7 Å². The molecule has 0 bridgehead atoms. The second-order valence-corrected chi connectivity index (χ2v) is 6.40. The molecule has 3 rings (SSSR count). The van der Waals surface area contributed by atoms with E-state index in [1.54, 1.807) is 7.11 Å². The van der Waals surface area contributed by atoms with Crippen LogP contribution in [0.3, 0.4) is 0 Å². The summed E-state index contributed by atoms with van der Waals surface area (Å²) in [6.45, 7) is 1.95. The van der Waals surface area contributed by atoms with Crippen molar-refractivity contribution in [3.8, 4) is 0 Å². The van der Waals surface area contributed by atoms with Gasteiger partial charge in [0.05, 0.1) is 33.6 Å². The molecule has 0 saturated heterocycles. The first-order valence-corrected chi connectivity index (χ1v) is 7.78. The third-order valence-electron chi connectivity index (χ3n) is 4.10. The molecular weight excluding hydrogens is 295 g/mol. The van der Waals surface area contributed by atoms with E-state index in [0.717, 1.165) is 41.1 Å². The molecule has 0 N–H and O–H groups in total. The summed E-state index contributed by atoms with van der Waals surface area (Å²) in [5.74, 6) is 0.878. The molecule has 1 aliphatic carbocycles. The molecule has 0 radical (unpaired) electrons. The molecule has 20 heavy (non-hydrogen) atoms. The summed E-state index contributed by atoms with van der Waals surface area (Å²) in [7, 11) is 1.77. The van der Waals surface area contributed by atoms with E-state index in [0.29, 0.717) is 0 Å². The Morgan fingerprint density at radius 1 is 1.40 bits per heavy atom. The highest BCUT2D eigenvalue weighted by atomic mass is 35.5. The summed E-state index contributed by atoms with van der Waals surface area (Å²) in [4.78, 5) is 4.68. The van der Waals surface area contributed by atoms with Crippen LogP contribution in [0.5, 0.6) is 0 Å². The van der Waals surface area contributed by atoms with Crippen LogP contribution in [0.1, 0.15) is 43.4 Å². The van der Waals surface area contributed by atoms with Crippen LogP contribution < -0.4 is 0 Å². The molecule has 2 aromatic rings. The Hall–Kier alpha value is -0.770. The zero-order chi connectivity index (χ0) is 14.3. The topological polar surface area (TPSA) is 27.1 Å². The molecule has 5 heteroatoms. The Bertz CT molecular complexity index is 624. The number of hydrogen-bond donors (Lipinski definition) is 0. The van der Waals surface area contributed by atoms with Gasteiger partial charge in [0.1, 0.15) is 5.82 Å². The van der Waals surface area contributed by atoms with Crippen molar-refractivity contribution in [3.05, 3.63) is 29.0 Å². The van der Waals surface area contributed by atoms with Gasteiger partial charge in [0.25, 0.3) is 0 Å². The van der Waals surface area contributed by atoms with Gasteiger partial charge in [0, 0.05) is 7.11 Å². The molecular formula is C15H18Cl2N2O. The number of aromatic nitrogens is 2. The largest absolute Gasteiger partial charge is 0.379 e. The van der Waals surface area contributed by atoms with Crippen LogP contribution in [0.2, 0.25) is 5.02 Å². The van der Waals surface area contributed by atoms with Crippen LogP contribution in [0.15, 0.2) is 18.2 Å². The predicted octanol–water partition coefficient (Wildman–Crippen LogP) is 4.73. The minimum atomic E-state index is -0.156. The van der Waals surface area contributed by atoms with Crippen molar-refractivity contribution in [2.24, 2.45) is 0 Å². The average Bonchev–Trinajstić information content (AvgIpc) is 3.02. The van der Waals surface area contributed by atoms with E-state index in [4.69, 9.17) is 27.9 Å². The van der Waals surface area contributed by atoms with Crippen molar-refractivity contribution in [1.29, 1.82) is 0 Å². The first-order chi connectivity index (χ1) is 9.63. The number of para-hydroxylation sites is 1. The standard InChI is InChI=1S/C15H18Cl2N2O/c1-9(16)15-18-11-6-3-5-10(17)14(11)19(15)12-7-4-8-13(12)20-2/h3,5-6,9,12-13H,4,7-8H2,1-2H3. The van der Waals surface area contributed by atoms with E-state index in [2.05, 4.69) is 9.55 Å². The third-order valence-corrected chi connectivity index (χ3v) is 4.60. The lowest BCUT2D eigenvalue weighted by Crippen LogP contribution is -2.22. The third kappa shape index (κ3) is 2.22. The van der Waals surface area contributed by atoms with Gasteiger partial charge >= 0.3 is 0 Å². The molecule has 3 atom stereocenters. The van der Waals surface area contributed by atoms with Crippen molar-refractivity contribution >= 4 is 34.2 Å². The quantitative estimate of drug-likeness (QED) is 0.766. The van der Waals surface area contributed by atoms with Crippen LogP contribution in [-0.2, 0) is 4.74 Å². The number of benzene rings is 1. The monoisotopic (exact) mass is 312 g/mol. The maximum absolute atomic E-state index is 6.40. The Morgan fingerprint density at radius 3 is 2.90 bits per heavy atom. The molecule has 1 aromatic carbocycles. The molecule has 3 nitrogen and oxygen atoms in total. The molecule has 1 saturated carbocycles. The van der Waals surface area contributed by atoms with Crippen LogP contribution in [0, 0.1) is 0 Å². The maximum atomic E-state index is 6.40. The van der Waals surface area contributed by atoms with Crippen LogP contribution in [0.25, 0.3) is 11.0 Å². The van der Waals surface area contributed by atoms with Gasteiger partial charge in [-0.25, -0.2) is 4.98 Å². The Balaban J connectivity index is 2.23. The zero-order valence-corrected chi connectivity index (χ0v) is 13.2. The van der Waals surface area contributed by atoms with Gasteiger partial charge in [-0.2, -0.15) is 0 Å². The first-order valence-electron chi connectivity index (χ1n) is 6.96. The molecule has 3 unspecified atom stereocenters. The van der Waals surface area contributed by atoms with E-state index in [1.807, 2.05) is 25.1 Å². The molecule has 108 valence electrons. The zero-order valence-electron chi connectivity index (χ0n) is 11.6. The number of hydrogen-bond acceptors (Lipinski definition) is 2. The maximum Gasteiger partial charge on any atom is 0.128 e. The lowest BCUT2D eigenvalue weighted by molar-refractivity contribution is 0.0753. The highest BCUT2D eigenvalue weighted by Gasteiger charge is 2.32. The Kier molecular flexibility index (Phi) is 3.93. The average molecular weight is 313 g/mol. The summed E-state index contributed by atoms with van der Waals surface area (Å²) in [5.41, 5.74) is 1.88. The highest BCUT2D eigenvalue weighted by molar-refractivity contribution is 6.35. The number of fused-ring (bicyclic) bond motifs is 1. The SMILES string of the molecule is COC1CCCC1n1c(C(C)Cl)nc2cccc(Cl)c21. The van der Waals surface area contributed by atoms with Gasteiger partial charge in [0.2, 0.25) is 0 Å². The smallest absolute Gasteiger partial charge is 0.128 e. The van der Waals surface area contributed by atoms with E-state index >= 15 is 0 Å². The fourth-order valence-corrected chi connectivity index (χ4v) is 3.63. The van der Waals surface area contributed by atoms with Gasteiger partial charge in [-0.1, -0.05) is 17.7 Å². The summed E-state index contributed by atoms with van der Waals surface area (Å²) in [6, 6.07) is 6.08. The lowest BCUT2D eigenvalue weighted by Gasteiger charge is -2.23. The van der Waals surface area contributed by atoms with Gasteiger partial charge in [-0.15, -0.1) is 11.6 Å². The van der Waals surface area contributed by atoms with Gasteiger partial charge in [-0.3, -0.25) is 0 Å². The molecule has 1 aromatic heterocycles. The molecule has 1 fully saturated rings. The molecule has 1 aliphatic rings. The molecule has 0 aliphatic heterocycles.